The van der Waals surface area contributed by atoms with E-state index in [-0.39, 0.29) is 18.6 Å². The molecule has 0 aromatic heterocycles. The van der Waals surface area contributed by atoms with E-state index in [1.807, 2.05) is 0 Å². The lowest BCUT2D eigenvalue weighted by molar-refractivity contribution is 0.0878. The van der Waals surface area contributed by atoms with Crippen molar-refractivity contribution in [2.45, 2.75) is 12.5 Å². The number of aliphatic hydroxyl groups is 1. The third-order valence-corrected chi connectivity index (χ3v) is 2.61. The van der Waals surface area contributed by atoms with E-state index in [1.165, 1.54) is 7.11 Å². The molecular weight excluding hydrogens is 248 g/mol. The fourth-order valence-corrected chi connectivity index (χ4v) is 1.69. The maximum absolute atomic E-state index is 12.1. The molecule has 0 saturated heterocycles. The van der Waals surface area contributed by atoms with Gasteiger partial charge in [-0.3, -0.25) is 4.79 Å². The van der Waals surface area contributed by atoms with Crippen LogP contribution in [0.2, 0.25) is 0 Å². The lowest BCUT2D eigenvalue weighted by Gasteiger charge is -2.17. The van der Waals surface area contributed by atoms with Gasteiger partial charge in [0.05, 0.1) is 19.8 Å². The third-order valence-electron chi connectivity index (χ3n) is 2.61. The summed E-state index contributed by atoms with van der Waals surface area (Å²) in [5.41, 5.74) is 6.56. The topological polar surface area (TPSA) is 93.8 Å². The zero-order valence-corrected chi connectivity index (χ0v) is 11.2. The molecular formula is C13H20N2O4. The van der Waals surface area contributed by atoms with E-state index in [0.717, 1.165) is 0 Å². The third kappa shape index (κ3) is 4.76. The fraction of sp³-hybridized carbons (Fsp3) is 0.462. The van der Waals surface area contributed by atoms with Gasteiger partial charge in [0.25, 0.3) is 5.91 Å². The lowest BCUT2D eigenvalue weighted by atomic mass is 10.1. The standard InChI is InChI=1S/C13H20N2O4/c1-18-8-11(3-4-16)15-13(17)9-5-10(14)7-12(6-9)19-2/h5-7,11,16H,3-4,8,14H2,1-2H3,(H,15,17). The molecule has 0 saturated carbocycles. The largest absolute Gasteiger partial charge is 0.497 e. The van der Waals surface area contributed by atoms with Gasteiger partial charge in [-0.15, -0.1) is 0 Å². The van der Waals surface area contributed by atoms with Crippen molar-refractivity contribution < 1.29 is 19.4 Å². The minimum Gasteiger partial charge on any atom is -0.497 e. The van der Waals surface area contributed by atoms with E-state index in [2.05, 4.69) is 5.32 Å². The first kappa shape index (κ1) is 15.3. The molecule has 0 aliphatic carbocycles. The molecule has 1 aromatic carbocycles. The van der Waals surface area contributed by atoms with Gasteiger partial charge in [0.2, 0.25) is 0 Å². The number of aliphatic hydroxyl groups excluding tert-OH is 1. The Morgan fingerprint density at radius 1 is 1.42 bits per heavy atom. The summed E-state index contributed by atoms with van der Waals surface area (Å²) < 4.78 is 10.0. The molecule has 1 amide bonds. The average Bonchev–Trinajstić information content (AvgIpc) is 2.38. The van der Waals surface area contributed by atoms with Crippen LogP contribution in [0.25, 0.3) is 0 Å². The molecule has 0 radical (unpaired) electrons. The second-order valence-corrected chi connectivity index (χ2v) is 4.13. The number of nitrogens with one attached hydrogen (secondary N) is 1. The molecule has 0 heterocycles. The second-order valence-electron chi connectivity index (χ2n) is 4.13. The van der Waals surface area contributed by atoms with Gasteiger partial charge in [0.1, 0.15) is 5.75 Å². The Bertz CT molecular complexity index is 417. The molecule has 19 heavy (non-hydrogen) atoms. The van der Waals surface area contributed by atoms with Crippen LogP contribution < -0.4 is 15.8 Å². The van der Waals surface area contributed by atoms with E-state index in [4.69, 9.17) is 20.3 Å². The van der Waals surface area contributed by atoms with Gasteiger partial charge < -0.3 is 25.6 Å². The molecule has 1 rings (SSSR count). The van der Waals surface area contributed by atoms with Crippen LogP contribution in [0.4, 0.5) is 5.69 Å². The average molecular weight is 268 g/mol. The molecule has 106 valence electrons. The molecule has 0 aliphatic heterocycles. The lowest BCUT2D eigenvalue weighted by Crippen LogP contribution is -2.38. The predicted molar refractivity (Wildman–Crippen MR) is 72.2 cm³/mol. The van der Waals surface area contributed by atoms with Crippen molar-refractivity contribution in [3.63, 3.8) is 0 Å². The number of nitrogens with two attached hydrogens (primary N) is 1. The van der Waals surface area contributed by atoms with Gasteiger partial charge in [0, 0.05) is 31.0 Å². The number of amides is 1. The molecule has 0 spiro atoms. The van der Waals surface area contributed by atoms with E-state index in [1.54, 1.807) is 25.3 Å². The molecule has 0 fully saturated rings. The van der Waals surface area contributed by atoms with Crippen LogP contribution in [-0.2, 0) is 4.74 Å². The minimum atomic E-state index is -0.277. The number of rotatable bonds is 7. The van der Waals surface area contributed by atoms with E-state index in [9.17, 15) is 4.79 Å². The number of anilines is 1. The molecule has 6 nitrogen and oxygen atoms in total. The first-order chi connectivity index (χ1) is 9.10. The van der Waals surface area contributed by atoms with E-state index in [0.29, 0.717) is 30.0 Å². The Balaban J connectivity index is 2.78. The molecule has 1 unspecified atom stereocenters. The van der Waals surface area contributed by atoms with Gasteiger partial charge in [-0.25, -0.2) is 0 Å². The van der Waals surface area contributed by atoms with Crippen molar-refractivity contribution in [1.82, 2.24) is 5.32 Å². The maximum Gasteiger partial charge on any atom is 0.251 e. The molecule has 6 heteroatoms. The number of carbonyl (C=O) groups excluding carboxylic acids is 1. The van der Waals surface area contributed by atoms with Crippen LogP contribution in [0.1, 0.15) is 16.8 Å². The summed E-state index contributed by atoms with van der Waals surface area (Å²) in [6.07, 6.45) is 0.430. The Morgan fingerprint density at radius 3 is 2.74 bits per heavy atom. The van der Waals surface area contributed by atoms with Crippen molar-refractivity contribution >= 4 is 11.6 Å². The number of ether oxygens (including phenoxy) is 2. The highest BCUT2D eigenvalue weighted by Gasteiger charge is 2.14. The summed E-state index contributed by atoms with van der Waals surface area (Å²) in [5.74, 6) is 0.247. The van der Waals surface area contributed by atoms with Crippen molar-refractivity contribution in [3.05, 3.63) is 23.8 Å². The van der Waals surface area contributed by atoms with E-state index < -0.39 is 0 Å². The highest BCUT2D eigenvalue weighted by molar-refractivity contribution is 5.95. The fourth-order valence-electron chi connectivity index (χ4n) is 1.69. The quantitative estimate of drug-likeness (QED) is 0.622. The second kappa shape index (κ2) is 7.60. The predicted octanol–water partition coefficient (Wildman–Crippen LogP) is 0.405. The molecule has 4 N–H and O–H groups in total. The van der Waals surface area contributed by atoms with Crippen LogP contribution in [0.3, 0.4) is 0 Å². The Labute approximate surface area is 112 Å². The molecule has 1 aromatic rings. The van der Waals surface area contributed by atoms with Gasteiger partial charge >= 0.3 is 0 Å². The monoisotopic (exact) mass is 268 g/mol. The Hall–Kier alpha value is -1.79. The molecule has 1 atom stereocenters. The molecule has 0 aliphatic rings. The summed E-state index contributed by atoms with van der Waals surface area (Å²) >= 11 is 0. The van der Waals surface area contributed by atoms with Crippen LogP contribution in [0.15, 0.2) is 18.2 Å². The van der Waals surface area contributed by atoms with Gasteiger partial charge in [-0.1, -0.05) is 0 Å². The summed E-state index contributed by atoms with van der Waals surface area (Å²) in [4.78, 5) is 12.1. The van der Waals surface area contributed by atoms with Crippen LogP contribution in [0, 0.1) is 0 Å². The zero-order valence-electron chi connectivity index (χ0n) is 11.2. The Kier molecular flexibility index (Phi) is 6.11. The summed E-state index contributed by atoms with van der Waals surface area (Å²) in [5, 5.41) is 11.7. The van der Waals surface area contributed by atoms with Gasteiger partial charge in [-0.05, 0) is 18.6 Å². The highest BCUT2D eigenvalue weighted by Crippen LogP contribution is 2.18. The first-order valence-corrected chi connectivity index (χ1v) is 5.96. The minimum absolute atomic E-state index is 0.0193. The number of methoxy groups -OCH3 is 2. The Morgan fingerprint density at radius 2 is 2.16 bits per heavy atom. The normalized spacial score (nSPS) is 11.9. The number of hydrogen-bond donors (Lipinski definition) is 3. The zero-order chi connectivity index (χ0) is 14.3. The van der Waals surface area contributed by atoms with Crippen molar-refractivity contribution in [2.24, 2.45) is 0 Å². The van der Waals surface area contributed by atoms with Gasteiger partial charge in [0.15, 0.2) is 0 Å². The SMILES string of the molecule is COCC(CCO)NC(=O)c1cc(N)cc(OC)c1. The van der Waals surface area contributed by atoms with E-state index >= 15 is 0 Å². The van der Waals surface area contributed by atoms with Crippen molar-refractivity contribution in [2.75, 3.05) is 33.2 Å². The molecule has 0 bridgehead atoms. The van der Waals surface area contributed by atoms with Crippen LogP contribution in [-0.4, -0.2) is 44.5 Å². The summed E-state index contributed by atoms with van der Waals surface area (Å²) in [6, 6.07) is 4.57. The van der Waals surface area contributed by atoms with Crippen molar-refractivity contribution in [3.8, 4) is 5.75 Å². The number of hydrogen-bond acceptors (Lipinski definition) is 5. The first-order valence-electron chi connectivity index (χ1n) is 5.96. The number of benzene rings is 1. The van der Waals surface area contributed by atoms with Crippen LogP contribution in [0.5, 0.6) is 5.75 Å². The maximum atomic E-state index is 12.1. The number of carbonyl (C=O) groups is 1. The highest BCUT2D eigenvalue weighted by atomic mass is 16.5. The van der Waals surface area contributed by atoms with Gasteiger partial charge in [-0.2, -0.15) is 0 Å². The number of nitrogen functional groups attached to an aromatic ring is 1. The summed E-state index contributed by atoms with van der Waals surface area (Å²) in [6.45, 7) is 0.320. The van der Waals surface area contributed by atoms with Crippen molar-refractivity contribution in [1.29, 1.82) is 0 Å². The summed E-state index contributed by atoms with van der Waals surface area (Å²) in [7, 11) is 3.05. The van der Waals surface area contributed by atoms with Crippen LogP contribution >= 0.6 is 0 Å². The smallest absolute Gasteiger partial charge is 0.251 e.